The summed E-state index contributed by atoms with van der Waals surface area (Å²) in [5.41, 5.74) is 11.9. The zero-order valence-corrected chi connectivity index (χ0v) is 23.9. The maximum atomic E-state index is 4.93. The van der Waals surface area contributed by atoms with Gasteiger partial charge in [0.25, 0.3) is 0 Å². The van der Waals surface area contributed by atoms with E-state index in [1.54, 1.807) is 0 Å². The maximum Gasteiger partial charge on any atom is 0.164 e. The van der Waals surface area contributed by atoms with E-state index in [9.17, 15) is 0 Å². The Labute approximate surface area is 255 Å². The molecule has 1 aliphatic rings. The van der Waals surface area contributed by atoms with Crippen LogP contribution in [-0.2, 0) is 6.42 Å². The van der Waals surface area contributed by atoms with E-state index in [2.05, 4.69) is 89.5 Å². The Morgan fingerprint density at radius 2 is 1.00 bits per heavy atom. The average Bonchev–Trinajstić information content (AvgIpc) is 3.65. The van der Waals surface area contributed by atoms with Crippen molar-refractivity contribution in [3.8, 4) is 51.0 Å². The van der Waals surface area contributed by atoms with E-state index in [0.717, 1.165) is 28.8 Å². The van der Waals surface area contributed by atoms with Gasteiger partial charge in [0.1, 0.15) is 0 Å². The number of hydrogen-bond acceptors (Lipinski definition) is 3. The molecule has 0 unspecified atom stereocenters. The second kappa shape index (κ2) is 9.85. The minimum Gasteiger partial charge on any atom is -0.309 e. The summed E-state index contributed by atoms with van der Waals surface area (Å²) in [6, 6.07) is 51.0. The van der Waals surface area contributed by atoms with Gasteiger partial charge in [0.15, 0.2) is 17.5 Å². The molecule has 0 amide bonds. The second-order valence-corrected chi connectivity index (χ2v) is 11.3. The standard InChI is InChI=1S/C40H26N4/c1-3-11-26(12-4-1)38-41-39(27-13-5-2-6-14-27)43-40(42-38)28-19-21-30(22-20-28)44-36-18-10-9-17-33(36)34-24-23-32-31-16-8-7-15-29(31)25-35(32)37(34)44/h1-24H,25H2. The molecule has 8 aromatic rings. The smallest absolute Gasteiger partial charge is 0.164 e. The quantitative estimate of drug-likeness (QED) is 0.215. The maximum absolute atomic E-state index is 4.93. The number of nitrogens with zero attached hydrogens (tertiary/aromatic N) is 4. The molecule has 2 aromatic heterocycles. The minimum absolute atomic E-state index is 0.655. The van der Waals surface area contributed by atoms with E-state index in [1.165, 1.54) is 44.1 Å². The van der Waals surface area contributed by atoms with E-state index in [0.29, 0.717) is 17.5 Å². The van der Waals surface area contributed by atoms with Gasteiger partial charge in [-0.2, -0.15) is 0 Å². The van der Waals surface area contributed by atoms with Gasteiger partial charge in [-0.25, -0.2) is 15.0 Å². The van der Waals surface area contributed by atoms with Crippen molar-refractivity contribution in [2.24, 2.45) is 0 Å². The first kappa shape index (κ1) is 24.7. The molecule has 206 valence electrons. The molecule has 4 nitrogen and oxygen atoms in total. The molecule has 0 saturated carbocycles. The van der Waals surface area contributed by atoms with Gasteiger partial charge in [-0.05, 0) is 52.6 Å². The Hall–Kier alpha value is -5.87. The summed E-state index contributed by atoms with van der Waals surface area (Å²) >= 11 is 0. The fourth-order valence-corrected chi connectivity index (χ4v) is 6.65. The van der Waals surface area contributed by atoms with Gasteiger partial charge in [-0.15, -0.1) is 0 Å². The van der Waals surface area contributed by atoms with Crippen molar-refractivity contribution in [2.75, 3.05) is 0 Å². The molecular weight excluding hydrogens is 536 g/mol. The van der Waals surface area contributed by atoms with E-state index in [4.69, 9.17) is 15.0 Å². The third-order valence-corrected chi connectivity index (χ3v) is 8.70. The lowest BCUT2D eigenvalue weighted by Gasteiger charge is -2.12. The molecule has 0 fully saturated rings. The van der Waals surface area contributed by atoms with Gasteiger partial charge in [0, 0.05) is 39.6 Å². The summed E-state index contributed by atoms with van der Waals surface area (Å²) in [6.07, 6.45) is 0.937. The predicted molar refractivity (Wildman–Crippen MR) is 179 cm³/mol. The van der Waals surface area contributed by atoms with Crippen molar-refractivity contribution in [3.05, 3.63) is 157 Å². The number of para-hydroxylation sites is 1. The molecule has 0 saturated heterocycles. The van der Waals surface area contributed by atoms with Crippen molar-refractivity contribution in [2.45, 2.75) is 6.42 Å². The highest BCUT2D eigenvalue weighted by Crippen LogP contribution is 2.44. The van der Waals surface area contributed by atoms with Crippen molar-refractivity contribution in [1.82, 2.24) is 19.5 Å². The summed E-state index contributed by atoms with van der Waals surface area (Å²) in [5, 5.41) is 2.55. The third-order valence-electron chi connectivity index (χ3n) is 8.70. The van der Waals surface area contributed by atoms with Crippen LogP contribution in [0.15, 0.2) is 146 Å². The molecule has 0 atom stereocenters. The Morgan fingerprint density at radius 3 is 1.68 bits per heavy atom. The van der Waals surface area contributed by atoms with Crippen LogP contribution in [0, 0.1) is 0 Å². The Balaban J connectivity index is 1.21. The van der Waals surface area contributed by atoms with Gasteiger partial charge in [0.2, 0.25) is 0 Å². The van der Waals surface area contributed by atoms with Crippen LogP contribution < -0.4 is 0 Å². The monoisotopic (exact) mass is 562 g/mol. The van der Waals surface area contributed by atoms with E-state index >= 15 is 0 Å². The highest BCUT2D eigenvalue weighted by atomic mass is 15.0. The predicted octanol–water partition coefficient (Wildman–Crippen LogP) is 9.54. The lowest BCUT2D eigenvalue weighted by atomic mass is 10.0. The van der Waals surface area contributed by atoms with Crippen molar-refractivity contribution >= 4 is 21.8 Å². The van der Waals surface area contributed by atoms with Crippen LogP contribution in [0.1, 0.15) is 11.1 Å². The highest BCUT2D eigenvalue weighted by Gasteiger charge is 2.24. The van der Waals surface area contributed by atoms with Crippen LogP contribution in [0.3, 0.4) is 0 Å². The number of benzene rings is 6. The average molecular weight is 563 g/mol. The van der Waals surface area contributed by atoms with Gasteiger partial charge in [0.05, 0.1) is 11.0 Å². The molecule has 2 heterocycles. The van der Waals surface area contributed by atoms with Crippen LogP contribution in [0.4, 0.5) is 0 Å². The van der Waals surface area contributed by atoms with Crippen molar-refractivity contribution < 1.29 is 0 Å². The normalized spacial score (nSPS) is 12.0. The third kappa shape index (κ3) is 3.89. The molecule has 4 heteroatoms. The first-order valence-corrected chi connectivity index (χ1v) is 14.9. The van der Waals surface area contributed by atoms with Crippen LogP contribution in [-0.4, -0.2) is 19.5 Å². The van der Waals surface area contributed by atoms with Gasteiger partial charge in [-0.3, -0.25) is 0 Å². The molecule has 0 bridgehead atoms. The lowest BCUT2D eigenvalue weighted by Crippen LogP contribution is -2.01. The minimum atomic E-state index is 0.655. The van der Waals surface area contributed by atoms with Crippen LogP contribution >= 0.6 is 0 Å². The van der Waals surface area contributed by atoms with Gasteiger partial charge >= 0.3 is 0 Å². The van der Waals surface area contributed by atoms with Crippen molar-refractivity contribution in [3.63, 3.8) is 0 Å². The Bertz CT molecular complexity index is 2280. The summed E-state index contributed by atoms with van der Waals surface area (Å²) in [5.74, 6) is 1.98. The summed E-state index contributed by atoms with van der Waals surface area (Å²) < 4.78 is 2.43. The van der Waals surface area contributed by atoms with Crippen molar-refractivity contribution in [1.29, 1.82) is 0 Å². The second-order valence-electron chi connectivity index (χ2n) is 11.3. The summed E-state index contributed by atoms with van der Waals surface area (Å²) in [4.78, 5) is 14.7. The first-order valence-electron chi connectivity index (χ1n) is 14.9. The van der Waals surface area contributed by atoms with Gasteiger partial charge in [-0.1, -0.05) is 115 Å². The lowest BCUT2D eigenvalue weighted by molar-refractivity contribution is 1.07. The first-order chi connectivity index (χ1) is 21.8. The molecule has 0 radical (unpaired) electrons. The van der Waals surface area contributed by atoms with E-state index in [-0.39, 0.29) is 0 Å². The molecule has 44 heavy (non-hydrogen) atoms. The molecule has 0 spiro atoms. The molecule has 9 rings (SSSR count). The summed E-state index contributed by atoms with van der Waals surface area (Å²) in [7, 11) is 0. The number of fused-ring (bicyclic) bond motifs is 7. The topological polar surface area (TPSA) is 43.6 Å². The number of aromatic nitrogens is 4. The fraction of sp³-hybridized carbons (Fsp3) is 0.0250. The zero-order valence-electron chi connectivity index (χ0n) is 23.9. The number of hydrogen-bond donors (Lipinski definition) is 0. The molecular formula is C40H26N4. The molecule has 0 aliphatic heterocycles. The SMILES string of the molecule is c1ccc(-c2nc(-c3ccccc3)nc(-c3ccc(-n4c5ccccc5c5ccc6c(c54)Cc4ccccc4-6)cc3)n2)cc1. The Morgan fingerprint density at radius 1 is 0.432 bits per heavy atom. The van der Waals surface area contributed by atoms with Crippen LogP contribution in [0.5, 0.6) is 0 Å². The van der Waals surface area contributed by atoms with Gasteiger partial charge < -0.3 is 4.57 Å². The van der Waals surface area contributed by atoms with Crippen LogP contribution in [0.2, 0.25) is 0 Å². The Kier molecular flexibility index (Phi) is 5.53. The largest absolute Gasteiger partial charge is 0.309 e. The van der Waals surface area contributed by atoms with E-state index < -0.39 is 0 Å². The zero-order chi connectivity index (χ0) is 29.0. The highest BCUT2D eigenvalue weighted by molar-refractivity contribution is 6.12. The molecule has 1 aliphatic carbocycles. The van der Waals surface area contributed by atoms with Crippen LogP contribution in [0.25, 0.3) is 72.8 Å². The molecule has 0 N–H and O–H groups in total. The fourth-order valence-electron chi connectivity index (χ4n) is 6.65. The summed E-state index contributed by atoms with van der Waals surface area (Å²) in [6.45, 7) is 0. The number of rotatable bonds is 4. The van der Waals surface area contributed by atoms with E-state index in [1.807, 2.05) is 60.7 Å². The molecule has 6 aromatic carbocycles.